The molecule has 2 fully saturated rings. The van der Waals surface area contributed by atoms with E-state index < -0.39 is 0 Å². The molecule has 1 aliphatic heterocycles. The van der Waals surface area contributed by atoms with Crippen LogP contribution in [0.1, 0.15) is 26.2 Å². The second kappa shape index (κ2) is 2.46. The fraction of sp³-hybridized carbons (Fsp3) is 1.00. The van der Waals surface area contributed by atoms with E-state index in [1.54, 1.807) is 0 Å². The largest absolute Gasteiger partial charge is 0.394 e. The molecule has 1 N–H and O–H groups in total. The van der Waals surface area contributed by atoms with Crippen LogP contribution in [-0.2, 0) is 4.74 Å². The fourth-order valence-corrected chi connectivity index (χ4v) is 2.72. The number of hydrogen-bond donors (Lipinski definition) is 1. The van der Waals surface area contributed by atoms with Crippen LogP contribution in [0.2, 0.25) is 0 Å². The molecule has 11 heavy (non-hydrogen) atoms. The Balaban J connectivity index is 1.89. The summed E-state index contributed by atoms with van der Waals surface area (Å²) in [4.78, 5) is 0. The molecular formula is C9H16O2. The third-order valence-corrected chi connectivity index (χ3v) is 3.05. The van der Waals surface area contributed by atoms with Crippen molar-refractivity contribution in [1.29, 1.82) is 0 Å². The summed E-state index contributed by atoms with van der Waals surface area (Å²) in [6, 6.07) is 0. The zero-order chi connectivity index (χ0) is 7.90. The van der Waals surface area contributed by atoms with Gasteiger partial charge in [-0.15, -0.1) is 0 Å². The highest BCUT2D eigenvalue weighted by Crippen LogP contribution is 2.52. The van der Waals surface area contributed by atoms with Crippen molar-refractivity contribution in [2.24, 2.45) is 11.3 Å². The molecule has 1 saturated carbocycles. The molecule has 1 saturated heterocycles. The van der Waals surface area contributed by atoms with E-state index in [1.807, 2.05) is 0 Å². The van der Waals surface area contributed by atoms with Crippen molar-refractivity contribution in [3.63, 3.8) is 0 Å². The van der Waals surface area contributed by atoms with Gasteiger partial charge < -0.3 is 9.84 Å². The minimum atomic E-state index is 0.141. The van der Waals surface area contributed by atoms with Gasteiger partial charge in [-0.1, -0.05) is 6.92 Å². The lowest BCUT2D eigenvalue weighted by molar-refractivity contribution is 0.0270. The smallest absolute Gasteiger partial charge is 0.0812 e. The highest BCUT2D eigenvalue weighted by atomic mass is 16.5. The molecule has 1 heterocycles. The van der Waals surface area contributed by atoms with Gasteiger partial charge in [0.2, 0.25) is 0 Å². The Labute approximate surface area is 67.6 Å². The van der Waals surface area contributed by atoms with E-state index in [1.165, 1.54) is 12.8 Å². The second-order valence-electron chi connectivity index (χ2n) is 4.33. The van der Waals surface area contributed by atoms with E-state index in [4.69, 9.17) is 9.84 Å². The molecule has 2 aliphatic rings. The molecule has 2 heteroatoms. The predicted octanol–water partition coefficient (Wildman–Crippen LogP) is 1.18. The summed E-state index contributed by atoms with van der Waals surface area (Å²) in [6.07, 6.45) is 3.85. The Morgan fingerprint density at radius 2 is 2.18 bits per heavy atom. The van der Waals surface area contributed by atoms with Crippen molar-refractivity contribution < 1.29 is 9.84 Å². The Morgan fingerprint density at radius 1 is 1.45 bits per heavy atom. The van der Waals surface area contributed by atoms with Crippen molar-refractivity contribution in [1.82, 2.24) is 0 Å². The zero-order valence-electron chi connectivity index (χ0n) is 7.05. The van der Waals surface area contributed by atoms with Crippen LogP contribution in [0.25, 0.3) is 0 Å². The van der Waals surface area contributed by atoms with Gasteiger partial charge in [0, 0.05) is 0 Å². The monoisotopic (exact) mass is 156 g/mol. The third-order valence-electron chi connectivity index (χ3n) is 3.05. The molecule has 0 aromatic rings. The summed E-state index contributed by atoms with van der Waals surface area (Å²) < 4.78 is 5.46. The molecule has 1 atom stereocenters. The first-order chi connectivity index (χ1) is 5.24. The number of aliphatic hydroxyl groups is 1. The van der Waals surface area contributed by atoms with E-state index in [2.05, 4.69) is 6.92 Å². The average Bonchev–Trinajstić information content (AvgIpc) is 2.31. The third kappa shape index (κ3) is 1.18. The van der Waals surface area contributed by atoms with Crippen molar-refractivity contribution in [3.8, 4) is 0 Å². The van der Waals surface area contributed by atoms with Crippen molar-refractivity contribution >= 4 is 0 Å². The van der Waals surface area contributed by atoms with Crippen LogP contribution in [-0.4, -0.2) is 24.4 Å². The van der Waals surface area contributed by atoms with Crippen LogP contribution >= 0.6 is 0 Å². The summed E-state index contributed by atoms with van der Waals surface area (Å²) in [5.41, 5.74) is 0.479. The zero-order valence-corrected chi connectivity index (χ0v) is 7.05. The van der Waals surface area contributed by atoms with E-state index in [-0.39, 0.29) is 12.7 Å². The highest BCUT2D eigenvalue weighted by Gasteiger charge is 2.47. The van der Waals surface area contributed by atoms with Crippen LogP contribution < -0.4 is 0 Å². The number of ether oxygens (including phenoxy) is 1. The van der Waals surface area contributed by atoms with Crippen molar-refractivity contribution in [2.75, 3.05) is 13.2 Å². The molecule has 0 bridgehead atoms. The maximum atomic E-state index is 8.86. The number of aliphatic hydroxyl groups excluding tert-OH is 1. The van der Waals surface area contributed by atoms with Gasteiger partial charge in [-0.3, -0.25) is 0 Å². The maximum absolute atomic E-state index is 8.86. The molecule has 1 spiro atoms. The average molecular weight is 156 g/mol. The van der Waals surface area contributed by atoms with E-state index in [0.717, 1.165) is 18.9 Å². The molecular weight excluding hydrogens is 140 g/mol. The molecule has 1 unspecified atom stereocenters. The normalized spacial score (nSPS) is 49.6. The lowest BCUT2D eigenvalue weighted by atomic mass is 9.62. The highest BCUT2D eigenvalue weighted by molar-refractivity contribution is 4.97. The van der Waals surface area contributed by atoms with Crippen LogP contribution in [0.3, 0.4) is 0 Å². The first-order valence-electron chi connectivity index (χ1n) is 4.47. The van der Waals surface area contributed by atoms with E-state index >= 15 is 0 Å². The Bertz CT molecular complexity index is 150. The number of hydrogen-bond acceptors (Lipinski definition) is 2. The predicted molar refractivity (Wildman–Crippen MR) is 42.3 cm³/mol. The van der Waals surface area contributed by atoms with Gasteiger partial charge in [0.15, 0.2) is 0 Å². The first kappa shape index (κ1) is 7.56. The molecule has 2 nitrogen and oxygen atoms in total. The van der Waals surface area contributed by atoms with Gasteiger partial charge in [-0.2, -0.15) is 0 Å². The van der Waals surface area contributed by atoms with Gasteiger partial charge in [-0.25, -0.2) is 0 Å². The summed E-state index contributed by atoms with van der Waals surface area (Å²) in [7, 11) is 0. The van der Waals surface area contributed by atoms with Crippen LogP contribution in [0.4, 0.5) is 0 Å². The minimum Gasteiger partial charge on any atom is -0.394 e. The van der Waals surface area contributed by atoms with E-state index in [0.29, 0.717) is 5.41 Å². The molecule has 0 aromatic carbocycles. The van der Waals surface area contributed by atoms with Crippen LogP contribution in [0, 0.1) is 11.3 Å². The Hall–Kier alpha value is -0.0800. The lowest BCUT2D eigenvalue weighted by Gasteiger charge is -2.42. The standard InChI is InChI=1S/C9H16O2/c1-7-2-9(3-7)4-8(5-10)11-6-9/h7-8,10H,2-6H2,1H3. The van der Waals surface area contributed by atoms with Crippen LogP contribution in [0.15, 0.2) is 0 Å². The summed E-state index contributed by atoms with van der Waals surface area (Å²) in [6.45, 7) is 3.39. The van der Waals surface area contributed by atoms with Gasteiger partial charge in [0.05, 0.1) is 19.3 Å². The SMILES string of the molecule is CC1CC2(COC(CO)C2)C1. The molecule has 0 amide bonds. The molecule has 2 rings (SSSR count). The van der Waals surface area contributed by atoms with Crippen molar-refractivity contribution in [3.05, 3.63) is 0 Å². The van der Waals surface area contributed by atoms with Gasteiger partial charge in [0.25, 0.3) is 0 Å². The molecule has 1 aliphatic carbocycles. The quantitative estimate of drug-likeness (QED) is 0.618. The van der Waals surface area contributed by atoms with Gasteiger partial charge in [-0.05, 0) is 30.6 Å². The minimum absolute atomic E-state index is 0.141. The first-order valence-corrected chi connectivity index (χ1v) is 4.47. The molecule has 64 valence electrons. The Morgan fingerprint density at radius 3 is 2.64 bits per heavy atom. The van der Waals surface area contributed by atoms with Crippen LogP contribution in [0.5, 0.6) is 0 Å². The van der Waals surface area contributed by atoms with Gasteiger partial charge >= 0.3 is 0 Å². The maximum Gasteiger partial charge on any atom is 0.0812 e. The molecule has 0 aromatic heterocycles. The van der Waals surface area contributed by atoms with E-state index in [9.17, 15) is 0 Å². The van der Waals surface area contributed by atoms with Gasteiger partial charge in [0.1, 0.15) is 0 Å². The number of rotatable bonds is 1. The Kier molecular flexibility index (Phi) is 1.69. The van der Waals surface area contributed by atoms with Crippen molar-refractivity contribution in [2.45, 2.75) is 32.3 Å². The fourth-order valence-electron chi connectivity index (χ4n) is 2.72. The topological polar surface area (TPSA) is 29.5 Å². The summed E-state index contributed by atoms with van der Waals surface area (Å²) in [5.74, 6) is 0.885. The summed E-state index contributed by atoms with van der Waals surface area (Å²) in [5, 5.41) is 8.86. The molecule has 0 radical (unpaired) electrons. The second-order valence-corrected chi connectivity index (χ2v) is 4.33. The lowest BCUT2D eigenvalue weighted by Crippen LogP contribution is -2.36. The summed E-state index contributed by atoms with van der Waals surface area (Å²) >= 11 is 0.